The molecule has 2 rings (SSSR count). The number of amides is 1. The lowest BCUT2D eigenvalue weighted by Gasteiger charge is -2.13. The number of methoxy groups -OCH3 is 2. The van der Waals surface area contributed by atoms with Crippen molar-refractivity contribution in [3.8, 4) is 17.2 Å². The van der Waals surface area contributed by atoms with Crippen LogP contribution in [0.3, 0.4) is 0 Å². The smallest absolute Gasteiger partial charge is 0.262 e. The highest BCUT2D eigenvalue weighted by atomic mass is 16.5. The third kappa shape index (κ3) is 4.19. The fourth-order valence-electron chi connectivity index (χ4n) is 2.32. The molecule has 0 fully saturated rings. The standard InChI is InChI=1S/C19H23NO4/c1-12-8-14(3)17(9-13(12)2)24-11-19(21)20-16-7-6-15(22-4)10-18(16)23-5/h6-10H,11H2,1-5H3,(H,20,21). The molecule has 0 aliphatic heterocycles. The minimum atomic E-state index is -0.254. The van der Waals surface area contributed by atoms with E-state index in [0.29, 0.717) is 17.2 Å². The summed E-state index contributed by atoms with van der Waals surface area (Å²) in [5, 5.41) is 2.78. The van der Waals surface area contributed by atoms with Gasteiger partial charge in [-0.3, -0.25) is 4.79 Å². The van der Waals surface area contributed by atoms with Gasteiger partial charge >= 0.3 is 0 Å². The Bertz CT molecular complexity index is 740. The summed E-state index contributed by atoms with van der Waals surface area (Å²) in [7, 11) is 3.12. The number of hydrogen-bond donors (Lipinski definition) is 1. The SMILES string of the molecule is COc1ccc(NC(=O)COc2cc(C)c(C)cc2C)c(OC)c1. The number of carbonyl (C=O) groups excluding carboxylic acids is 1. The Morgan fingerprint density at radius 2 is 1.62 bits per heavy atom. The first kappa shape index (κ1) is 17.7. The van der Waals surface area contributed by atoms with Gasteiger partial charge in [-0.25, -0.2) is 0 Å². The van der Waals surface area contributed by atoms with E-state index >= 15 is 0 Å². The Hall–Kier alpha value is -2.69. The Balaban J connectivity index is 2.03. The van der Waals surface area contributed by atoms with E-state index in [-0.39, 0.29) is 12.5 Å². The molecular weight excluding hydrogens is 306 g/mol. The van der Waals surface area contributed by atoms with Crippen molar-refractivity contribution < 1.29 is 19.0 Å². The van der Waals surface area contributed by atoms with Crippen molar-refractivity contribution in [3.05, 3.63) is 47.0 Å². The van der Waals surface area contributed by atoms with Gasteiger partial charge < -0.3 is 19.5 Å². The van der Waals surface area contributed by atoms with Gasteiger partial charge in [-0.15, -0.1) is 0 Å². The zero-order valence-corrected chi connectivity index (χ0v) is 14.7. The molecule has 0 aliphatic carbocycles. The topological polar surface area (TPSA) is 56.8 Å². The van der Waals surface area contributed by atoms with Gasteiger partial charge in [-0.05, 0) is 55.7 Å². The molecule has 0 aromatic heterocycles. The molecular formula is C19H23NO4. The minimum absolute atomic E-state index is 0.0709. The molecule has 1 N–H and O–H groups in total. The van der Waals surface area contributed by atoms with Gasteiger partial charge in [0.05, 0.1) is 19.9 Å². The van der Waals surface area contributed by atoms with Crippen LogP contribution in [-0.2, 0) is 4.79 Å². The van der Waals surface area contributed by atoms with Crippen molar-refractivity contribution in [3.63, 3.8) is 0 Å². The number of nitrogens with one attached hydrogen (secondary N) is 1. The molecule has 5 heteroatoms. The van der Waals surface area contributed by atoms with E-state index < -0.39 is 0 Å². The van der Waals surface area contributed by atoms with Crippen molar-refractivity contribution in [1.29, 1.82) is 0 Å². The lowest BCUT2D eigenvalue weighted by atomic mass is 10.1. The van der Waals surface area contributed by atoms with E-state index in [1.165, 1.54) is 5.56 Å². The molecule has 0 spiro atoms. The number of benzene rings is 2. The molecule has 2 aromatic carbocycles. The molecule has 24 heavy (non-hydrogen) atoms. The molecule has 2 aromatic rings. The second kappa shape index (κ2) is 7.73. The summed E-state index contributed by atoms with van der Waals surface area (Å²) in [5.41, 5.74) is 3.91. The van der Waals surface area contributed by atoms with Crippen LogP contribution in [0.2, 0.25) is 0 Å². The zero-order valence-electron chi connectivity index (χ0n) is 14.7. The monoisotopic (exact) mass is 329 g/mol. The van der Waals surface area contributed by atoms with E-state index in [1.54, 1.807) is 32.4 Å². The van der Waals surface area contributed by atoms with Gasteiger partial charge in [0, 0.05) is 6.07 Å². The predicted molar refractivity (Wildman–Crippen MR) is 94.3 cm³/mol. The van der Waals surface area contributed by atoms with Crippen LogP contribution in [0.15, 0.2) is 30.3 Å². The summed E-state index contributed by atoms with van der Waals surface area (Å²) in [4.78, 5) is 12.1. The van der Waals surface area contributed by atoms with Gasteiger partial charge in [-0.1, -0.05) is 6.07 Å². The zero-order chi connectivity index (χ0) is 17.7. The molecule has 0 saturated carbocycles. The molecule has 1 amide bonds. The minimum Gasteiger partial charge on any atom is -0.497 e. The summed E-state index contributed by atoms with van der Waals surface area (Å²) in [6, 6.07) is 9.20. The van der Waals surface area contributed by atoms with Gasteiger partial charge in [-0.2, -0.15) is 0 Å². The number of rotatable bonds is 6. The van der Waals surface area contributed by atoms with Crippen molar-refractivity contribution in [2.45, 2.75) is 20.8 Å². The molecule has 128 valence electrons. The van der Waals surface area contributed by atoms with E-state index in [2.05, 4.69) is 18.3 Å². The Morgan fingerprint density at radius 3 is 2.29 bits per heavy atom. The average Bonchev–Trinajstić information content (AvgIpc) is 2.57. The van der Waals surface area contributed by atoms with E-state index in [4.69, 9.17) is 14.2 Å². The van der Waals surface area contributed by atoms with Gasteiger partial charge in [0.1, 0.15) is 17.2 Å². The Kier molecular flexibility index (Phi) is 5.68. The predicted octanol–water partition coefficient (Wildman–Crippen LogP) is 3.65. The summed E-state index contributed by atoms with van der Waals surface area (Å²) in [6.07, 6.45) is 0. The molecule has 0 aliphatic rings. The summed E-state index contributed by atoms with van der Waals surface area (Å²) in [6.45, 7) is 5.96. The highest BCUT2D eigenvalue weighted by molar-refractivity contribution is 5.93. The molecule has 0 saturated heterocycles. The van der Waals surface area contributed by atoms with E-state index in [0.717, 1.165) is 16.9 Å². The number of carbonyl (C=O) groups is 1. The fourth-order valence-corrected chi connectivity index (χ4v) is 2.32. The maximum absolute atomic E-state index is 12.1. The number of anilines is 1. The van der Waals surface area contributed by atoms with Gasteiger partial charge in [0.2, 0.25) is 0 Å². The van der Waals surface area contributed by atoms with Crippen LogP contribution in [0.4, 0.5) is 5.69 Å². The normalized spacial score (nSPS) is 10.2. The van der Waals surface area contributed by atoms with Crippen LogP contribution in [0.5, 0.6) is 17.2 Å². The molecule has 0 radical (unpaired) electrons. The number of hydrogen-bond acceptors (Lipinski definition) is 4. The highest BCUT2D eigenvalue weighted by Gasteiger charge is 2.11. The first-order valence-electron chi connectivity index (χ1n) is 7.67. The van der Waals surface area contributed by atoms with Crippen molar-refractivity contribution in [1.82, 2.24) is 0 Å². The molecule has 0 atom stereocenters. The van der Waals surface area contributed by atoms with Crippen LogP contribution >= 0.6 is 0 Å². The average molecular weight is 329 g/mol. The fraction of sp³-hybridized carbons (Fsp3) is 0.316. The quantitative estimate of drug-likeness (QED) is 0.879. The lowest BCUT2D eigenvalue weighted by Crippen LogP contribution is -2.20. The Labute approximate surface area is 142 Å². The van der Waals surface area contributed by atoms with Crippen molar-refractivity contribution in [2.75, 3.05) is 26.1 Å². The van der Waals surface area contributed by atoms with Crippen LogP contribution in [0, 0.1) is 20.8 Å². The van der Waals surface area contributed by atoms with Gasteiger partial charge in [0.25, 0.3) is 5.91 Å². The molecule has 0 unspecified atom stereocenters. The van der Waals surface area contributed by atoms with E-state index in [1.807, 2.05) is 19.9 Å². The summed E-state index contributed by atoms with van der Waals surface area (Å²) < 4.78 is 16.1. The third-order valence-electron chi connectivity index (χ3n) is 3.83. The maximum Gasteiger partial charge on any atom is 0.262 e. The second-order valence-corrected chi connectivity index (χ2v) is 5.61. The summed E-state index contributed by atoms with van der Waals surface area (Å²) in [5.74, 6) is 1.66. The van der Waals surface area contributed by atoms with E-state index in [9.17, 15) is 4.79 Å². The van der Waals surface area contributed by atoms with Crippen LogP contribution in [-0.4, -0.2) is 26.7 Å². The molecule has 0 bridgehead atoms. The first-order chi connectivity index (χ1) is 11.4. The first-order valence-corrected chi connectivity index (χ1v) is 7.67. The number of aryl methyl sites for hydroxylation is 3. The second-order valence-electron chi connectivity index (χ2n) is 5.61. The summed E-state index contributed by atoms with van der Waals surface area (Å²) >= 11 is 0. The van der Waals surface area contributed by atoms with Crippen LogP contribution in [0.25, 0.3) is 0 Å². The Morgan fingerprint density at radius 1 is 0.917 bits per heavy atom. The molecule has 5 nitrogen and oxygen atoms in total. The largest absolute Gasteiger partial charge is 0.497 e. The van der Waals surface area contributed by atoms with Crippen molar-refractivity contribution >= 4 is 11.6 Å². The third-order valence-corrected chi connectivity index (χ3v) is 3.83. The lowest BCUT2D eigenvalue weighted by molar-refractivity contribution is -0.118. The van der Waals surface area contributed by atoms with Crippen LogP contribution in [0.1, 0.15) is 16.7 Å². The number of ether oxygens (including phenoxy) is 3. The maximum atomic E-state index is 12.1. The van der Waals surface area contributed by atoms with Crippen LogP contribution < -0.4 is 19.5 Å². The molecule has 0 heterocycles. The van der Waals surface area contributed by atoms with Gasteiger partial charge in [0.15, 0.2) is 6.61 Å². The highest BCUT2D eigenvalue weighted by Crippen LogP contribution is 2.29. The van der Waals surface area contributed by atoms with Crippen molar-refractivity contribution in [2.24, 2.45) is 0 Å².